The zero-order chi connectivity index (χ0) is 13.7. The Balaban J connectivity index is 1.89. The molecule has 104 valence electrons. The normalized spacial score (nSPS) is 14.6. The molecule has 1 amide bonds. The van der Waals surface area contributed by atoms with Crippen molar-refractivity contribution >= 4 is 23.4 Å². The third kappa shape index (κ3) is 3.90. The van der Waals surface area contributed by atoms with Crippen LogP contribution in [0, 0.1) is 0 Å². The fourth-order valence-electron chi connectivity index (χ4n) is 2.22. The number of amides is 1. The Kier molecular flexibility index (Phi) is 5.14. The first kappa shape index (κ1) is 14.3. The molecule has 0 spiro atoms. The van der Waals surface area contributed by atoms with E-state index in [4.69, 9.17) is 0 Å². The van der Waals surface area contributed by atoms with Gasteiger partial charge < -0.3 is 10.6 Å². The van der Waals surface area contributed by atoms with Gasteiger partial charge >= 0.3 is 0 Å². The first-order valence-corrected chi connectivity index (χ1v) is 8.11. The lowest BCUT2D eigenvalue weighted by Gasteiger charge is -2.14. The van der Waals surface area contributed by atoms with E-state index in [2.05, 4.69) is 30.5 Å². The van der Waals surface area contributed by atoms with Crippen LogP contribution in [0.1, 0.15) is 36.2 Å². The smallest absolute Gasteiger partial charge is 0.251 e. The molecule has 0 saturated carbocycles. The van der Waals surface area contributed by atoms with Crippen molar-refractivity contribution in [2.75, 3.05) is 23.4 Å². The predicted molar refractivity (Wildman–Crippen MR) is 83.2 cm³/mol. The molecule has 0 radical (unpaired) electrons. The van der Waals surface area contributed by atoms with E-state index in [0.717, 1.165) is 42.1 Å². The van der Waals surface area contributed by atoms with E-state index in [-0.39, 0.29) is 11.9 Å². The Labute approximate surface area is 119 Å². The van der Waals surface area contributed by atoms with Gasteiger partial charge in [0, 0.05) is 23.8 Å². The molecule has 0 saturated heterocycles. The van der Waals surface area contributed by atoms with E-state index in [1.54, 1.807) is 0 Å². The van der Waals surface area contributed by atoms with Gasteiger partial charge in [-0.05, 0) is 49.0 Å². The van der Waals surface area contributed by atoms with Gasteiger partial charge in [-0.3, -0.25) is 4.79 Å². The number of carbonyl (C=O) groups is 1. The SMILES string of the molecule is CCSCCC(C)NC(=O)c1ccc2c(c1)NCC2. The number of anilines is 1. The molecule has 19 heavy (non-hydrogen) atoms. The molecule has 0 aliphatic carbocycles. The summed E-state index contributed by atoms with van der Waals surface area (Å²) in [5, 5.41) is 6.37. The Morgan fingerprint density at radius 1 is 1.53 bits per heavy atom. The summed E-state index contributed by atoms with van der Waals surface area (Å²) in [6.07, 6.45) is 2.08. The molecule has 4 heteroatoms. The number of rotatable bonds is 6. The maximum atomic E-state index is 12.1. The van der Waals surface area contributed by atoms with Crippen LogP contribution in [0.3, 0.4) is 0 Å². The first-order valence-electron chi connectivity index (χ1n) is 6.96. The van der Waals surface area contributed by atoms with Crippen LogP contribution in [-0.2, 0) is 6.42 Å². The van der Waals surface area contributed by atoms with E-state index >= 15 is 0 Å². The fourth-order valence-corrected chi connectivity index (χ4v) is 3.02. The number of hydrogen-bond acceptors (Lipinski definition) is 3. The molecule has 2 rings (SSSR count). The Morgan fingerprint density at radius 2 is 2.37 bits per heavy atom. The minimum Gasteiger partial charge on any atom is -0.384 e. The summed E-state index contributed by atoms with van der Waals surface area (Å²) in [6, 6.07) is 6.18. The minimum atomic E-state index is 0.0329. The lowest BCUT2D eigenvalue weighted by atomic mass is 10.1. The largest absolute Gasteiger partial charge is 0.384 e. The molecule has 2 N–H and O–H groups in total. The second-order valence-corrected chi connectivity index (χ2v) is 6.30. The quantitative estimate of drug-likeness (QED) is 0.786. The molecule has 3 nitrogen and oxygen atoms in total. The van der Waals surface area contributed by atoms with E-state index in [0.29, 0.717) is 0 Å². The zero-order valence-corrected chi connectivity index (χ0v) is 12.5. The molecule has 1 aromatic rings. The van der Waals surface area contributed by atoms with Gasteiger partial charge in [0.1, 0.15) is 0 Å². The molecule has 1 atom stereocenters. The second kappa shape index (κ2) is 6.85. The molecule has 0 fully saturated rings. The summed E-state index contributed by atoms with van der Waals surface area (Å²) >= 11 is 1.91. The van der Waals surface area contributed by atoms with Gasteiger partial charge in [0.05, 0.1) is 0 Å². The van der Waals surface area contributed by atoms with Crippen molar-refractivity contribution < 1.29 is 4.79 Å². The highest BCUT2D eigenvalue weighted by molar-refractivity contribution is 7.99. The highest BCUT2D eigenvalue weighted by atomic mass is 32.2. The molecule has 1 aromatic carbocycles. The Morgan fingerprint density at radius 3 is 3.16 bits per heavy atom. The second-order valence-electron chi connectivity index (χ2n) is 4.91. The molecule has 0 bridgehead atoms. The molecule has 1 unspecified atom stereocenters. The summed E-state index contributed by atoms with van der Waals surface area (Å²) in [7, 11) is 0. The highest BCUT2D eigenvalue weighted by Gasteiger charge is 2.14. The number of thioether (sulfide) groups is 1. The summed E-state index contributed by atoms with van der Waals surface area (Å²) < 4.78 is 0. The van der Waals surface area contributed by atoms with Gasteiger partial charge in [0.25, 0.3) is 5.91 Å². The van der Waals surface area contributed by atoms with E-state index < -0.39 is 0 Å². The lowest BCUT2D eigenvalue weighted by molar-refractivity contribution is 0.0939. The van der Waals surface area contributed by atoms with Crippen molar-refractivity contribution in [2.24, 2.45) is 0 Å². The summed E-state index contributed by atoms with van der Waals surface area (Å²) in [6.45, 7) is 5.20. The van der Waals surface area contributed by atoms with Gasteiger partial charge in [0.2, 0.25) is 0 Å². The molecular formula is C15H22N2OS. The standard InChI is InChI=1S/C15H22N2OS/c1-3-19-9-7-11(2)17-15(18)13-5-4-12-6-8-16-14(12)10-13/h4-5,10-11,16H,3,6-9H2,1-2H3,(H,17,18). The zero-order valence-electron chi connectivity index (χ0n) is 11.7. The third-order valence-corrected chi connectivity index (χ3v) is 4.29. The maximum absolute atomic E-state index is 12.1. The van der Waals surface area contributed by atoms with Crippen molar-refractivity contribution in [2.45, 2.75) is 32.7 Å². The van der Waals surface area contributed by atoms with Crippen molar-refractivity contribution in [1.29, 1.82) is 0 Å². The van der Waals surface area contributed by atoms with E-state index in [9.17, 15) is 4.79 Å². The third-order valence-electron chi connectivity index (χ3n) is 3.36. The summed E-state index contributed by atoms with van der Waals surface area (Å²) in [4.78, 5) is 12.1. The highest BCUT2D eigenvalue weighted by Crippen LogP contribution is 2.23. The average molecular weight is 278 g/mol. The van der Waals surface area contributed by atoms with Crippen molar-refractivity contribution in [3.05, 3.63) is 29.3 Å². The van der Waals surface area contributed by atoms with Gasteiger partial charge in [0.15, 0.2) is 0 Å². The number of nitrogens with one attached hydrogen (secondary N) is 2. The first-order chi connectivity index (χ1) is 9.20. The number of hydrogen-bond donors (Lipinski definition) is 2. The van der Waals surface area contributed by atoms with Crippen LogP contribution in [0.4, 0.5) is 5.69 Å². The topological polar surface area (TPSA) is 41.1 Å². The Bertz CT molecular complexity index is 448. The lowest BCUT2D eigenvalue weighted by Crippen LogP contribution is -2.32. The number of benzene rings is 1. The van der Waals surface area contributed by atoms with E-state index in [1.807, 2.05) is 23.9 Å². The average Bonchev–Trinajstić information content (AvgIpc) is 2.86. The molecule has 0 aromatic heterocycles. The summed E-state index contributed by atoms with van der Waals surface area (Å²) in [5.41, 5.74) is 3.17. The van der Waals surface area contributed by atoms with Gasteiger partial charge in [-0.1, -0.05) is 13.0 Å². The Hall–Kier alpha value is -1.16. The number of fused-ring (bicyclic) bond motifs is 1. The van der Waals surface area contributed by atoms with Crippen LogP contribution >= 0.6 is 11.8 Å². The minimum absolute atomic E-state index is 0.0329. The molecule has 1 heterocycles. The molecular weight excluding hydrogens is 256 g/mol. The summed E-state index contributed by atoms with van der Waals surface area (Å²) in [5.74, 6) is 2.27. The van der Waals surface area contributed by atoms with E-state index in [1.165, 1.54) is 5.56 Å². The molecule has 1 aliphatic rings. The van der Waals surface area contributed by atoms with Crippen LogP contribution in [-0.4, -0.2) is 30.0 Å². The molecule has 1 aliphatic heterocycles. The van der Waals surface area contributed by atoms with Gasteiger partial charge in [-0.2, -0.15) is 11.8 Å². The number of carbonyl (C=O) groups excluding carboxylic acids is 1. The van der Waals surface area contributed by atoms with Crippen LogP contribution < -0.4 is 10.6 Å². The van der Waals surface area contributed by atoms with Crippen LogP contribution in [0.5, 0.6) is 0 Å². The predicted octanol–water partition coefficient (Wildman–Crippen LogP) is 2.92. The monoisotopic (exact) mass is 278 g/mol. The fraction of sp³-hybridized carbons (Fsp3) is 0.533. The van der Waals surface area contributed by atoms with Gasteiger partial charge in [-0.25, -0.2) is 0 Å². The maximum Gasteiger partial charge on any atom is 0.251 e. The van der Waals surface area contributed by atoms with Crippen LogP contribution in [0.2, 0.25) is 0 Å². The van der Waals surface area contributed by atoms with Crippen molar-refractivity contribution in [3.63, 3.8) is 0 Å². The van der Waals surface area contributed by atoms with Gasteiger partial charge in [-0.15, -0.1) is 0 Å². The van der Waals surface area contributed by atoms with Crippen molar-refractivity contribution in [3.8, 4) is 0 Å². The van der Waals surface area contributed by atoms with Crippen LogP contribution in [0.25, 0.3) is 0 Å². The van der Waals surface area contributed by atoms with Crippen molar-refractivity contribution in [1.82, 2.24) is 5.32 Å². The van der Waals surface area contributed by atoms with Crippen LogP contribution in [0.15, 0.2) is 18.2 Å².